The van der Waals surface area contributed by atoms with Crippen LogP contribution in [0.25, 0.3) is 0 Å². The van der Waals surface area contributed by atoms with Crippen LogP contribution in [0.4, 0.5) is 0 Å². The SMILES string of the molecule is CC1CC(C)C(C2OC(CN)C(O)C(O)C2C)C(O)C1OC1OC(CO)C(O)C(N)C1O. The molecular formula is C21H40N2O9. The van der Waals surface area contributed by atoms with Crippen molar-refractivity contribution in [3.63, 3.8) is 0 Å². The van der Waals surface area contributed by atoms with Crippen LogP contribution < -0.4 is 11.5 Å². The van der Waals surface area contributed by atoms with E-state index in [1.54, 1.807) is 6.92 Å². The van der Waals surface area contributed by atoms with E-state index >= 15 is 0 Å². The molecule has 1 aliphatic carbocycles. The summed E-state index contributed by atoms with van der Waals surface area (Å²) in [6.45, 7) is 5.20. The van der Waals surface area contributed by atoms with Gasteiger partial charge in [-0.3, -0.25) is 0 Å². The van der Waals surface area contributed by atoms with E-state index in [1.807, 2.05) is 13.8 Å². The van der Waals surface area contributed by atoms with Crippen molar-refractivity contribution in [1.29, 1.82) is 0 Å². The molecule has 1 saturated carbocycles. The van der Waals surface area contributed by atoms with Crippen LogP contribution in [0, 0.1) is 23.7 Å². The first-order valence-corrected chi connectivity index (χ1v) is 11.5. The Morgan fingerprint density at radius 3 is 2.09 bits per heavy atom. The van der Waals surface area contributed by atoms with Gasteiger partial charge in [-0.2, -0.15) is 0 Å². The molecule has 2 saturated heterocycles. The Hall–Kier alpha value is -0.440. The van der Waals surface area contributed by atoms with Gasteiger partial charge in [0.2, 0.25) is 0 Å². The third-order valence-electron chi connectivity index (χ3n) is 7.65. The predicted molar refractivity (Wildman–Crippen MR) is 112 cm³/mol. The maximum atomic E-state index is 11.4. The van der Waals surface area contributed by atoms with E-state index in [0.29, 0.717) is 6.42 Å². The summed E-state index contributed by atoms with van der Waals surface area (Å²) < 4.78 is 17.6. The average molecular weight is 465 g/mol. The van der Waals surface area contributed by atoms with Crippen LogP contribution in [0.3, 0.4) is 0 Å². The molecule has 0 bridgehead atoms. The fourth-order valence-electron chi connectivity index (χ4n) is 5.65. The van der Waals surface area contributed by atoms with Gasteiger partial charge in [-0.15, -0.1) is 0 Å². The number of aliphatic hydroxyl groups excluding tert-OH is 6. The molecule has 11 nitrogen and oxygen atoms in total. The van der Waals surface area contributed by atoms with Crippen molar-refractivity contribution < 1.29 is 44.8 Å². The molecule has 11 heteroatoms. The Labute approximate surface area is 188 Å². The van der Waals surface area contributed by atoms with Gasteiger partial charge in [0.05, 0.1) is 43.2 Å². The molecular weight excluding hydrogens is 424 g/mol. The zero-order valence-corrected chi connectivity index (χ0v) is 18.8. The van der Waals surface area contributed by atoms with Crippen LogP contribution >= 0.6 is 0 Å². The second-order valence-electron chi connectivity index (χ2n) is 9.86. The molecule has 0 aromatic rings. The van der Waals surface area contributed by atoms with Crippen LogP contribution in [-0.2, 0) is 14.2 Å². The molecule has 0 aromatic carbocycles. The highest BCUT2D eigenvalue weighted by atomic mass is 16.7. The number of ether oxygens (including phenoxy) is 3. The van der Waals surface area contributed by atoms with Crippen LogP contribution in [0.2, 0.25) is 0 Å². The Bertz CT molecular complexity index is 612. The number of hydrogen-bond donors (Lipinski definition) is 8. The first kappa shape index (κ1) is 26.2. The minimum atomic E-state index is -1.35. The van der Waals surface area contributed by atoms with E-state index in [4.69, 9.17) is 25.7 Å². The van der Waals surface area contributed by atoms with Gasteiger partial charge in [0, 0.05) is 18.4 Å². The highest BCUT2D eigenvalue weighted by Gasteiger charge is 2.53. The van der Waals surface area contributed by atoms with Gasteiger partial charge < -0.3 is 56.3 Å². The highest BCUT2D eigenvalue weighted by molar-refractivity contribution is 5.01. The fourth-order valence-corrected chi connectivity index (χ4v) is 5.65. The third-order valence-corrected chi connectivity index (χ3v) is 7.65. The molecule has 0 amide bonds. The Morgan fingerprint density at radius 2 is 1.50 bits per heavy atom. The van der Waals surface area contributed by atoms with Crippen molar-refractivity contribution in [2.75, 3.05) is 13.2 Å². The first-order chi connectivity index (χ1) is 15.0. The van der Waals surface area contributed by atoms with Crippen LogP contribution in [-0.4, -0.2) is 111 Å². The summed E-state index contributed by atoms with van der Waals surface area (Å²) in [5.41, 5.74) is 11.6. The van der Waals surface area contributed by atoms with E-state index in [1.165, 1.54) is 0 Å². The lowest BCUT2D eigenvalue weighted by Crippen LogP contribution is -2.65. The summed E-state index contributed by atoms with van der Waals surface area (Å²) in [5.74, 6) is -0.985. The monoisotopic (exact) mass is 464 g/mol. The molecule has 3 aliphatic rings. The summed E-state index contributed by atoms with van der Waals surface area (Å²) in [6, 6.07) is -1.08. The number of aliphatic hydroxyl groups is 6. The Balaban J connectivity index is 1.80. The van der Waals surface area contributed by atoms with Gasteiger partial charge in [-0.25, -0.2) is 0 Å². The lowest BCUT2D eigenvalue weighted by Gasteiger charge is -2.52. The van der Waals surface area contributed by atoms with Gasteiger partial charge in [0.15, 0.2) is 6.29 Å². The number of hydrogen-bond acceptors (Lipinski definition) is 11. The molecule has 32 heavy (non-hydrogen) atoms. The number of rotatable bonds is 5. The molecule has 0 radical (unpaired) electrons. The minimum absolute atomic E-state index is 0.0136. The lowest BCUT2D eigenvalue weighted by molar-refractivity contribution is -0.313. The van der Waals surface area contributed by atoms with Crippen molar-refractivity contribution >= 4 is 0 Å². The molecule has 3 rings (SSSR count). The maximum absolute atomic E-state index is 11.4. The second kappa shape index (κ2) is 10.4. The second-order valence-corrected chi connectivity index (χ2v) is 9.86. The molecule has 10 N–H and O–H groups in total. The minimum Gasteiger partial charge on any atom is -0.394 e. The normalized spacial score (nSPS) is 55.0. The van der Waals surface area contributed by atoms with Gasteiger partial charge in [-0.05, 0) is 18.3 Å². The summed E-state index contributed by atoms with van der Waals surface area (Å²) >= 11 is 0. The zero-order chi connectivity index (χ0) is 23.9. The topological polar surface area (TPSA) is 201 Å². The molecule has 188 valence electrons. The standard InChI is InChI=1S/C21H40N2O9/c1-7-4-8(2)19(32-21-18(29)13(23)15(26)11(6-24)31-21)17(28)12(7)20-9(3)14(25)16(27)10(5-22)30-20/h7-21,24-29H,4-6,22-23H2,1-3H3. The van der Waals surface area contributed by atoms with Gasteiger partial charge in [0.25, 0.3) is 0 Å². The highest BCUT2D eigenvalue weighted by Crippen LogP contribution is 2.43. The van der Waals surface area contributed by atoms with Gasteiger partial charge in [0.1, 0.15) is 24.4 Å². The Morgan fingerprint density at radius 1 is 0.844 bits per heavy atom. The summed E-state index contributed by atoms with van der Waals surface area (Å²) in [5, 5.41) is 62.1. The molecule has 15 atom stereocenters. The van der Waals surface area contributed by atoms with Crippen LogP contribution in [0.15, 0.2) is 0 Å². The fraction of sp³-hybridized carbons (Fsp3) is 1.00. The van der Waals surface area contributed by atoms with Gasteiger partial charge >= 0.3 is 0 Å². The zero-order valence-electron chi connectivity index (χ0n) is 18.8. The molecule has 2 aliphatic heterocycles. The van der Waals surface area contributed by atoms with Crippen molar-refractivity contribution in [1.82, 2.24) is 0 Å². The van der Waals surface area contributed by atoms with E-state index < -0.39 is 85.7 Å². The number of nitrogens with two attached hydrogens (primary N) is 2. The van der Waals surface area contributed by atoms with E-state index in [2.05, 4.69) is 0 Å². The van der Waals surface area contributed by atoms with E-state index in [9.17, 15) is 30.6 Å². The van der Waals surface area contributed by atoms with E-state index in [-0.39, 0.29) is 18.4 Å². The van der Waals surface area contributed by atoms with Gasteiger partial charge in [-0.1, -0.05) is 20.8 Å². The summed E-state index contributed by atoms with van der Waals surface area (Å²) in [7, 11) is 0. The smallest absolute Gasteiger partial charge is 0.186 e. The largest absolute Gasteiger partial charge is 0.394 e. The van der Waals surface area contributed by atoms with Crippen LogP contribution in [0.1, 0.15) is 27.2 Å². The van der Waals surface area contributed by atoms with E-state index in [0.717, 1.165) is 0 Å². The summed E-state index contributed by atoms with van der Waals surface area (Å²) in [6.07, 6.45) is -9.47. The van der Waals surface area contributed by atoms with Crippen molar-refractivity contribution in [2.24, 2.45) is 35.1 Å². The third kappa shape index (κ3) is 4.71. The average Bonchev–Trinajstić information content (AvgIpc) is 2.76. The van der Waals surface area contributed by atoms with Crippen LogP contribution in [0.5, 0.6) is 0 Å². The lowest BCUT2D eigenvalue weighted by atomic mass is 9.66. The first-order valence-electron chi connectivity index (χ1n) is 11.5. The molecule has 0 aromatic heterocycles. The Kier molecular flexibility index (Phi) is 8.54. The van der Waals surface area contributed by atoms with Crippen molar-refractivity contribution in [3.05, 3.63) is 0 Å². The summed E-state index contributed by atoms with van der Waals surface area (Å²) in [4.78, 5) is 0. The van der Waals surface area contributed by atoms with Crippen molar-refractivity contribution in [3.8, 4) is 0 Å². The predicted octanol–water partition coefficient (Wildman–Crippen LogP) is -3.13. The molecule has 15 unspecified atom stereocenters. The molecule has 2 heterocycles. The molecule has 0 spiro atoms. The molecule has 3 fully saturated rings. The van der Waals surface area contributed by atoms with Crippen molar-refractivity contribution in [2.45, 2.75) is 94.5 Å². The maximum Gasteiger partial charge on any atom is 0.186 e. The quantitative estimate of drug-likeness (QED) is 0.204.